The van der Waals surface area contributed by atoms with E-state index in [1.165, 1.54) is 12.1 Å². The first kappa shape index (κ1) is 13.7. The highest BCUT2D eigenvalue weighted by molar-refractivity contribution is 5.71. The Morgan fingerprint density at radius 1 is 1.32 bits per heavy atom. The molecule has 0 radical (unpaired) electrons. The maximum Gasteiger partial charge on any atom is 0.123 e. The van der Waals surface area contributed by atoms with Gasteiger partial charge in [-0.1, -0.05) is 13.0 Å². The maximum atomic E-state index is 13.3. The van der Waals surface area contributed by atoms with Gasteiger partial charge in [0.2, 0.25) is 0 Å². The molecule has 2 N–H and O–H groups in total. The number of benzene rings is 1. The zero-order chi connectivity index (χ0) is 14.0. The van der Waals surface area contributed by atoms with Gasteiger partial charge >= 0.3 is 0 Å². The van der Waals surface area contributed by atoms with E-state index in [9.17, 15) is 4.39 Å². The quantitative estimate of drug-likeness (QED) is 0.918. The van der Waals surface area contributed by atoms with E-state index in [4.69, 9.17) is 5.73 Å². The summed E-state index contributed by atoms with van der Waals surface area (Å²) in [4.78, 5) is 0. The van der Waals surface area contributed by atoms with Crippen molar-refractivity contribution in [3.05, 3.63) is 41.0 Å². The summed E-state index contributed by atoms with van der Waals surface area (Å²) >= 11 is 0. The molecule has 1 aromatic carbocycles. The van der Waals surface area contributed by atoms with Crippen LogP contribution in [-0.2, 0) is 13.1 Å². The first-order chi connectivity index (χ1) is 9.08. The third-order valence-electron chi connectivity index (χ3n) is 3.37. The fourth-order valence-electron chi connectivity index (χ4n) is 2.49. The van der Waals surface area contributed by atoms with Crippen LogP contribution in [0.5, 0.6) is 0 Å². The summed E-state index contributed by atoms with van der Waals surface area (Å²) < 4.78 is 15.3. The van der Waals surface area contributed by atoms with Crippen molar-refractivity contribution < 1.29 is 4.39 Å². The first-order valence-corrected chi connectivity index (χ1v) is 6.61. The van der Waals surface area contributed by atoms with Crippen molar-refractivity contribution in [1.82, 2.24) is 9.78 Å². The van der Waals surface area contributed by atoms with E-state index >= 15 is 0 Å². The van der Waals surface area contributed by atoms with E-state index in [2.05, 4.69) is 18.9 Å². The molecule has 0 aliphatic rings. The van der Waals surface area contributed by atoms with Gasteiger partial charge in [-0.25, -0.2) is 4.39 Å². The Labute approximate surface area is 113 Å². The Kier molecular flexibility index (Phi) is 4.00. The maximum absolute atomic E-state index is 13.3. The molecule has 3 nitrogen and oxygen atoms in total. The lowest BCUT2D eigenvalue weighted by molar-refractivity contribution is 0.583. The van der Waals surface area contributed by atoms with E-state index < -0.39 is 0 Å². The van der Waals surface area contributed by atoms with E-state index in [1.54, 1.807) is 6.07 Å². The summed E-state index contributed by atoms with van der Waals surface area (Å²) in [5, 5.41) is 4.56. The molecule has 102 valence electrons. The molecule has 0 amide bonds. The predicted molar refractivity (Wildman–Crippen MR) is 75.3 cm³/mol. The number of aryl methyl sites for hydroxylation is 2. The minimum absolute atomic E-state index is 0.250. The minimum atomic E-state index is -0.250. The number of nitrogens with two attached hydrogens (primary N) is 1. The Balaban J connectivity index is 2.58. The van der Waals surface area contributed by atoms with Crippen molar-refractivity contribution in [2.75, 3.05) is 0 Å². The fourth-order valence-corrected chi connectivity index (χ4v) is 2.49. The summed E-state index contributed by atoms with van der Waals surface area (Å²) in [5.41, 5.74) is 10.7. The number of rotatable bonds is 4. The van der Waals surface area contributed by atoms with Gasteiger partial charge in [-0.05, 0) is 43.5 Å². The lowest BCUT2D eigenvalue weighted by atomic mass is 9.98. The molecule has 0 bridgehead atoms. The SMILES string of the molecule is CCCn1nc(C)c(-c2ccc(F)cc2CN)c1C. The van der Waals surface area contributed by atoms with E-state index in [0.717, 1.165) is 41.0 Å². The number of aromatic nitrogens is 2. The molecule has 0 aliphatic carbocycles. The molecule has 0 spiro atoms. The van der Waals surface area contributed by atoms with Gasteiger partial charge in [-0.2, -0.15) is 5.10 Å². The van der Waals surface area contributed by atoms with Crippen molar-refractivity contribution in [3.63, 3.8) is 0 Å². The van der Waals surface area contributed by atoms with E-state index in [1.807, 2.05) is 11.6 Å². The molecule has 1 aromatic heterocycles. The average Bonchev–Trinajstić information content (AvgIpc) is 2.65. The van der Waals surface area contributed by atoms with Crippen LogP contribution in [0.15, 0.2) is 18.2 Å². The summed E-state index contributed by atoms with van der Waals surface area (Å²) in [6.45, 7) is 7.38. The Morgan fingerprint density at radius 3 is 2.68 bits per heavy atom. The molecule has 2 rings (SSSR count). The second kappa shape index (κ2) is 5.53. The normalized spacial score (nSPS) is 11.0. The third kappa shape index (κ3) is 2.54. The molecule has 0 fully saturated rings. The Hall–Kier alpha value is -1.68. The van der Waals surface area contributed by atoms with Crippen molar-refractivity contribution in [1.29, 1.82) is 0 Å². The largest absolute Gasteiger partial charge is 0.326 e. The molecule has 1 heterocycles. The van der Waals surface area contributed by atoms with Gasteiger partial charge < -0.3 is 5.73 Å². The van der Waals surface area contributed by atoms with Crippen LogP contribution in [0.25, 0.3) is 11.1 Å². The van der Waals surface area contributed by atoms with Crippen LogP contribution >= 0.6 is 0 Å². The molecular weight excluding hydrogens is 241 g/mol. The highest BCUT2D eigenvalue weighted by Crippen LogP contribution is 2.30. The topological polar surface area (TPSA) is 43.8 Å². The molecule has 0 aliphatic heterocycles. The average molecular weight is 261 g/mol. The molecule has 2 aromatic rings. The van der Waals surface area contributed by atoms with Gasteiger partial charge in [0.15, 0.2) is 0 Å². The van der Waals surface area contributed by atoms with Crippen molar-refractivity contribution in [2.45, 2.75) is 40.3 Å². The van der Waals surface area contributed by atoms with Crippen molar-refractivity contribution >= 4 is 0 Å². The van der Waals surface area contributed by atoms with Gasteiger partial charge in [-0.15, -0.1) is 0 Å². The molecule has 0 atom stereocenters. The van der Waals surface area contributed by atoms with Crippen LogP contribution in [-0.4, -0.2) is 9.78 Å². The zero-order valence-electron chi connectivity index (χ0n) is 11.7. The Morgan fingerprint density at radius 2 is 2.05 bits per heavy atom. The second-order valence-electron chi connectivity index (χ2n) is 4.77. The summed E-state index contributed by atoms with van der Waals surface area (Å²) in [5.74, 6) is -0.250. The first-order valence-electron chi connectivity index (χ1n) is 6.61. The highest BCUT2D eigenvalue weighted by Gasteiger charge is 2.15. The van der Waals surface area contributed by atoms with Crippen molar-refractivity contribution in [3.8, 4) is 11.1 Å². The van der Waals surface area contributed by atoms with Gasteiger partial charge in [-0.3, -0.25) is 4.68 Å². The van der Waals surface area contributed by atoms with Gasteiger partial charge in [0.25, 0.3) is 0 Å². The second-order valence-corrected chi connectivity index (χ2v) is 4.77. The molecule has 0 saturated heterocycles. The highest BCUT2D eigenvalue weighted by atomic mass is 19.1. The van der Waals surface area contributed by atoms with Gasteiger partial charge in [0, 0.05) is 24.3 Å². The minimum Gasteiger partial charge on any atom is -0.326 e. The van der Waals surface area contributed by atoms with E-state index in [-0.39, 0.29) is 5.82 Å². The summed E-state index contributed by atoms with van der Waals surface area (Å²) in [6, 6.07) is 4.78. The molecule has 19 heavy (non-hydrogen) atoms. The number of halogens is 1. The van der Waals surface area contributed by atoms with Crippen molar-refractivity contribution in [2.24, 2.45) is 5.73 Å². The van der Waals surface area contributed by atoms with Crippen LogP contribution < -0.4 is 5.73 Å². The molecule has 4 heteroatoms. The third-order valence-corrected chi connectivity index (χ3v) is 3.37. The van der Waals surface area contributed by atoms with Crippen LogP contribution in [0.1, 0.15) is 30.3 Å². The smallest absolute Gasteiger partial charge is 0.123 e. The lowest BCUT2D eigenvalue weighted by Gasteiger charge is -2.09. The Bertz CT molecular complexity index is 587. The van der Waals surface area contributed by atoms with E-state index in [0.29, 0.717) is 6.54 Å². The number of hydrogen-bond acceptors (Lipinski definition) is 2. The monoisotopic (exact) mass is 261 g/mol. The molecule has 0 unspecified atom stereocenters. The zero-order valence-corrected chi connectivity index (χ0v) is 11.7. The summed E-state index contributed by atoms with van der Waals surface area (Å²) in [7, 11) is 0. The predicted octanol–water partition coefficient (Wildman–Crippen LogP) is 3.17. The molecule has 0 saturated carbocycles. The summed E-state index contributed by atoms with van der Waals surface area (Å²) in [6.07, 6.45) is 1.04. The van der Waals surface area contributed by atoms with Gasteiger partial charge in [0.1, 0.15) is 5.82 Å². The number of hydrogen-bond donors (Lipinski definition) is 1. The van der Waals surface area contributed by atoms with Crippen LogP contribution in [0.4, 0.5) is 4.39 Å². The van der Waals surface area contributed by atoms with Crippen LogP contribution in [0.2, 0.25) is 0 Å². The standard InChI is InChI=1S/C15H20FN3/c1-4-7-19-11(3)15(10(2)18-19)14-6-5-13(16)8-12(14)9-17/h5-6,8H,4,7,9,17H2,1-3H3. The van der Waals surface area contributed by atoms with Crippen LogP contribution in [0.3, 0.4) is 0 Å². The van der Waals surface area contributed by atoms with Crippen LogP contribution in [0, 0.1) is 19.7 Å². The fraction of sp³-hybridized carbons (Fsp3) is 0.400. The lowest BCUT2D eigenvalue weighted by Crippen LogP contribution is -2.02. The number of nitrogens with zero attached hydrogens (tertiary/aromatic N) is 2. The van der Waals surface area contributed by atoms with Gasteiger partial charge in [0.05, 0.1) is 5.69 Å². The molecular formula is C15H20FN3.